The number of allylic oxidation sites excluding steroid dienone is 2. The van der Waals surface area contributed by atoms with Crippen LogP contribution in [0.25, 0.3) is 0 Å². The van der Waals surface area contributed by atoms with E-state index in [2.05, 4.69) is 83.1 Å². The lowest BCUT2D eigenvalue weighted by Gasteiger charge is -2.43. The van der Waals surface area contributed by atoms with Crippen LogP contribution >= 0.6 is 0 Å². The molecule has 0 spiro atoms. The van der Waals surface area contributed by atoms with E-state index in [1.165, 1.54) is 11.1 Å². The third kappa shape index (κ3) is 7.77. The summed E-state index contributed by atoms with van der Waals surface area (Å²) >= 11 is 0. The minimum atomic E-state index is -1.79. The van der Waals surface area contributed by atoms with Crippen molar-refractivity contribution in [2.24, 2.45) is 0 Å². The molecule has 2 rings (SSSR count). The van der Waals surface area contributed by atoms with E-state index in [-0.39, 0.29) is 23.4 Å². The Kier molecular flexibility index (Phi) is 8.76. The molecule has 1 heterocycles. The maximum Gasteiger partial charge on any atom is 0.192 e. The summed E-state index contributed by atoms with van der Waals surface area (Å²) in [6.07, 6.45) is 14.3. The minimum Gasteiger partial charge on any atom is -0.414 e. The molecule has 0 unspecified atom stereocenters. The maximum atomic E-state index is 6.74. The molecule has 1 aliphatic rings. The normalized spacial score (nSPS) is 23.6. The molecule has 0 aliphatic carbocycles. The average molecular weight is 413 g/mol. The Hall–Kier alpha value is -1.34. The van der Waals surface area contributed by atoms with Crippen molar-refractivity contribution in [1.29, 1.82) is 0 Å². The largest absolute Gasteiger partial charge is 0.414 e. The van der Waals surface area contributed by atoms with Crippen LogP contribution in [0, 0.1) is 12.3 Å². The number of terminal acetylenes is 1. The summed E-state index contributed by atoms with van der Waals surface area (Å²) in [7, 11) is -1.79. The molecular weight excluding hydrogens is 372 g/mol. The summed E-state index contributed by atoms with van der Waals surface area (Å²) in [4.78, 5) is 0. The first-order valence-electron chi connectivity index (χ1n) is 11.1. The molecule has 160 valence electrons. The van der Waals surface area contributed by atoms with Gasteiger partial charge in [0.25, 0.3) is 0 Å². The van der Waals surface area contributed by atoms with Crippen molar-refractivity contribution in [2.75, 3.05) is 0 Å². The van der Waals surface area contributed by atoms with Crippen LogP contribution in [-0.4, -0.2) is 26.6 Å². The fourth-order valence-corrected chi connectivity index (χ4v) is 4.98. The van der Waals surface area contributed by atoms with E-state index in [4.69, 9.17) is 15.6 Å². The lowest BCUT2D eigenvalue weighted by atomic mass is 9.95. The zero-order chi connectivity index (χ0) is 21.5. The first-order chi connectivity index (χ1) is 13.6. The van der Waals surface area contributed by atoms with Crippen molar-refractivity contribution in [3.05, 3.63) is 47.5 Å². The van der Waals surface area contributed by atoms with Gasteiger partial charge in [-0.1, -0.05) is 62.8 Å². The van der Waals surface area contributed by atoms with Gasteiger partial charge in [-0.2, -0.15) is 0 Å². The van der Waals surface area contributed by atoms with Gasteiger partial charge in [-0.25, -0.2) is 0 Å². The Labute approximate surface area is 180 Å². The van der Waals surface area contributed by atoms with Gasteiger partial charge in [-0.05, 0) is 62.7 Å². The lowest BCUT2D eigenvalue weighted by molar-refractivity contribution is -0.0914. The predicted molar refractivity (Wildman–Crippen MR) is 127 cm³/mol. The standard InChI is InChI=1S/C26H40O2Si/c1-8-12-23-19-25(28-29(6,7)26(3,4)5)20-24(27-23)18-16-21(2)15-17-22-13-10-9-11-14-22/h1,9-11,13-15,23-25H,12,16-20H2,2-7H3/b21-15+/t23-,24+,25+/m1/s1. The van der Waals surface area contributed by atoms with Gasteiger partial charge in [0.15, 0.2) is 8.32 Å². The van der Waals surface area contributed by atoms with E-state index in [9.17, 15) is 0 Å². The number of hydrogen-bond acceptors (Lipinski definition) is 2. The van der Waals surface area contributed by atoms with Gasteiger partial charge in [-0.3, -0.25) is 0 Å². The molecule has 29 heavy (non-hydrogen) atoms. The number of hydrogen-bond donors (Lipinski definition) is 0. The molecule has 0 amide bonds. The molecule has 1 aliphatic heterocycles. The molecule has 1 aromatic carbocycles. The molecule has 0 N–H and O–H groups in total. The van der Waals surface area contributed by atoms with E-state index in [0.29, 0.717) is 6.42 Å². The van der Waals surface area contributed by atoms with Crippen molar-refractivity contribution in [3.8, 4) is 12.3 Å². The second-order valence-corrected chi connectivity index (χ2v) is 14.8. The van der Waals surface area contributed by atoms with Gasteiger partial charge in [0, 0.05) is 6.42 Å². The molecule has 2 nitrogen and oxygen atoms in total. The zero-order valence-corrected chi connectivity index (χ0v) is 20.3. The highest BCUT2D eigenvalue weighted by Gasteiger charge is 2.41. The SMILES string of the molecule is C#CC[C@@H]1C[C@H](O[Si](C)(C)C(C)(C)C)C[C@H](CC/C(C)=C/Cc2ccccc2)O1. The molecule has 0 radical (unpaired) electrons. The third-order valence-electron chi connectivity index (χ3n) is 6.44. The summed E-state index contributed by atoms with van der Waals surface area (Å²) in [6, 6.07) is 10.6. The summed E-state index contributed by atoms with van der Waals surface area (Å²) < 4.78 is 13.1. The van der Waals surface area contributed by atoms with Crippen LogP contribution in [0.4, 0.5) is 0 Å². The lowest BCUT2D eigenvalue weighted by Crippen LogP contribution is -2.47. The fourth-order valence-electron chi connectivity index (χ4n) is 3.60. The van der Waals surface area contributed by atoms with E-state index in [0.717, 1.165) is 32.1 Å². The summed E-state index contributed by atoms with van der Waals surface area (Å²) in [5, 5.41) is 0.221. The average Bonchev–Trinajstić information content (AvgIpc) is 2.64. The number of benzene rings is 1. The Morgan fingerprint density at radius 3 is 2.48 bits per heavy atom. The first kappa shape index (κ1) is 23.9. The molecule has 1 fully saturated rings. The monoisotopic (exact) mass is 412 g/mol. The van der Waals surface area contributed by atoms with Crippen LogP contribution < -0.4 is 0 Å². The molecule has 0 bridgehead atoms. The van der Waals surface area contributed by atoms with E-state index in [1.54, 1.807) is 0 Å². The van der Waals surface area contributed by atoms with Crippen molar-refractivity contribution >= 4 is 8.32 Å². The molecule has 1 saturated heterocycles. The minimum absolute atomic E-state index is 0.127. The van der Waals surface area contributed by atoms with Gasteiger partial charge in [0.2, 0.25) is 0 Å². The second-order valence-electron chi connectivity index (χ2n) is 10.0. The summed E-state index contributed by atoms with van der Waals surface area (Å²) in [5.74, 6) is 2.79. The second kappa shape index (κ2) is 10.6. The molecule has 1 aromatic rings. The van der Waals surface area contributed by atoms with Crippen LogP contribution in [-0.2, 0) is 15.6 Å². The first-order valence-corrected chi connectivity index (χ1v) is 14.0. The maximum absolute atomic E-state index is 6.74. The predicted octanol–water partition coefficient (Wildman–Crippen LogP) is 6.92. The van der Waals surface area contributed by atoms with Crippen LogP contribution in [0.1, 0.15) is 65.4 Å². The fraction of sp³-hybridized carbons (Fsp3) is 0.615. The quantitative estimate of drug-likeness (QED) is 0.262. The van der Waals surface area contributed by atoms with Gasteiger partial charge in [0.1, 0.15) is 0 Å². The van der Waals surface area contributed by atoms with Gasteiger partial charge < -0.3 is 9.16 Å². The Balaban J connectivity index is 1.93. The Bertz CT molecular complexity index is 694. The highest BCUT2D eigenvalue weighted by Crippen LogP contribution is 2.39. The zero-order valence-electron chi connectivity index (χ0n) is 19.3. The van der Waals surface area contributed by atoms with E-state index < -0.39 is 8.32 Å². The molecule has 3 atom stereocenters. The Morgan fingerprint density at radius 2 is 1.86 bits per heavy atom. The van der Waals surface area contributed by atoms with Crippen LogP contribution in [0.3, 0.4) is 0 Å². The molecule has 0 saturated carbocycles. The smallest absolute Gasteiger partial charge is 0.192 e. The van der Waals surface area contributed by atoms with Crippen molar-refractivity contribution < 1.29 is 9.16 Å². The van der Waals surface area contributed by atoms with Crippen LogP contribution in [0.15, 0.2) is 42.0 Å². The Morgan fingerprint density at radius 1 is 1.21 bits per heavy atom. The van der Waals surface area contributed by atoms with E-state index in [1.807, 2.05) is 0 Å². The highest BCUT2D eigenvalue weighted by atomic mass is 28.4. The van der Waals surface area contributed by atoms with Crippen LogP contribution in [0.2, 0.25) is 18.1 Å². The van der Waals surface area contributed by atoms with Crippen molar-refractivity contribution in [3.63, 3.8) is 0 Å². The topological polar surface area (TPSA) is 18.5 Å². The summed E-state index contributed by atoms with van der Waals surface area (Å²) in [6.45, 7) is 13.8. The summed E-state index contributed by atoms with van der Waals surface area (Å²) in [5.41, 5.74) is 2.79. The van der Waals surface area contributed by atoms with Crippen LogP contribution in [0.5, 0.6) is 0 Å². The number of rotatable bonds is 8. The number of ether oxygens (including phenoxy) is 1. The van der Waals surface area contributed by atoms with Crippen molar-refractivity contribution in [2.45, 2.75) is 103 Å². The van der Waals surface area contributed by atoms with Gasteiger partial charge >= 0.3 is 0 Å². The van der Waals surface area contributed by atoms with Gasteiger partial charge in [-0.15, -0.1) is 12.3 Å². The molecule has 3 heteroatoms. The molecular formula is C26H40O2Si. The molecule has 0 aromatic heterocycles. The van der Waals surface area contributed by atoms with Gasteiger partial charge in [0.05, 0.1) is 18.3 Å². The highest BCUT2D eigenvalue weighted by molar-refractivity contribution is 6.74. The van der Waals surface area contributed by atoms with Crippen molar-refractivity contribution in [1.82, 2.24) is 0 Å². The third-order valence-corrected chi connectivity index (χ3v) is 11.0. The van der Waals surface area contributed by atoms with E-state index >= 15 is 0 Å².